The van der Waals surface area contributed by atoms with Crippen LogP contribution in [0.1, 0.15) is 42.0 Å². The van der Waals surface area contributed by atoms with Crippen molar-refractivity contribution >= 4 is 46.1 Å². The topological polar surface area (TPSA) is 87.8 Å². The highest BCUT2D eigenvalue weighted by Gasteiger charge is 2.34. The first kappa shape index (κ1) is 24.4. The summed E-state index contributed by atoms with van der Waals surface area (Å²) in [6.07, 6.45) is 3.95. The molecule has 0 spiro atoms. The van der Waals surface area contributed by atoms with Crippen LogP contribution in [-0.4, -0.2) is 39.6 Å². The third-order valence-corrected chi connectivity index (χ3v) is 8.23. The lowest BCUT2D eigenvalue weighted by Gasteiger charge is -2.35. The number of hydrogen-bond acceptors (Lipinski definition) is 8. The zero-order valence-corrected chi connectivity index (χ0v) is 22.0. The van der Waals surface area contributed by atoms with Crippen LogP contribution in [0.2, 0.25) is 0 Å². The maximum absolute atomic E-state index is 13.5. The minimum Gasteiger partial charge on any atom is -0.454 e. The molecular weight excluding hydrogens is 496 g/mol. The van der Waals surface area contributed by atoms with Gasteiger partial charge in [-0.25, -0.2) is 0 Å². The number of carbonyl (C=O) groups is 1. The molecule has 0 N–H and O–H groups in total. The fourth-order valence-electron chi connectivity index (χ4n) is 4.97. The van der Waals surface area contributed by atoms with Crippen molar-refractivity contribution in [3.8, 4) is 17.6 Å². The number of fused-ring (bicyclic) bond motifs is 1. The first-order chi connectivity index (χ1) is 17.3. The Morgan fingerprint density at radius 2 is 2.06 bits per heavy atom. The van der Waals surface area contributed by atoms with Crippen molar-refractivity contribution in [2.75, 3.05) is 24.8 Å². The molecule has 186 valence electrons. The van der Waals surface area contributed by atoms with E-state index in [0.717, 1.165) is 37.3 Å². The number of rotatable bonds is 4. The summed E-state index contributed by atoms with van der Waals surface area (Å²) in [5, 5.41) is 9.70. The van der Waals surface area contributed by atoms with Gasteiger partial charge in [-0.15, -0.1) is 0 Å². The summed E-state index contributed by atoms with van der Waals surface area (Å²) in [6.45, 7) is 6.09. The summed E-state index contributed by atoms with van der Waals surface area (Å²) in [6, 6.07) is 7.64. The van der Waals surface area contributed by atoms with Gasteiger partial charge >= 0.3 is 0 Å². The summed E-state index contributed by atoms with van der Waals surface area (Å²) >= 11 is 6.80. The zero-order valence-electron chi connectivity index (χ0n) is 20.4. The number of piperidine rings is 1. The van der Waals surface area contributed by atoms with E-state index in [1.165, 1.54) is 11.8 Å². The Balaban J connectivity index is 1.52. The van der Waals surface area contributed by atoms with Crippen LogP contribution >= 0.6 is 24.0 Å². The minimum atomic E-state index is -0.323. The number of nitrogens with zero attached hydrogens (tertiary/aromatic N) is 4. The second-order valence-corrected chi connectivity index (χ2v) is 11.0. The molecule has 3 aliphatic heterocycles. The molecule has 4 heterocycles. The van der Waals surface area contributed by atoms with Crippen molar-refractivity contribution < 1.29 is 14.3 Å². The summed E-state index contributed by atoms with van der Waals surface area (Å²) in [4.78, 5) is 30.7. The summed E-state index contributed by atoms with van der Waals surface area (Å²) in [5.41, 5.74) is 1.94. The van der Waals surface area contributed by atoms with Gasteiger partial charge in [0, 0.05) is 25.7 Å². The fourth-order valence-corrected chi connectivity index (χ4v) is 6.20. The molecule has 1 aromatic carbocycles. The number of pyridine rings is 1. The molecule has 36 heavy (non-hydrogen) atoms. The number of carbonyl (C=O) groups excluding carboxylic acids is 1. The standard InChI is InChI=1S/C26H26N4O4S2/c1-15-5-4-8-29(12-15)23-18(16(2)19(11-27)24(31)28(23)3)10-22-25(32)30(26(35)36-22)13-17-6-7-20-21(9-17)34-14-33-20/h6-7,9-10,15H,4-5,8,12-14H2,1-3H3/b22-10-. The van der Waals surface area contributed by atoms with Gasteiger partial charge in [0.1, 0.15) is 21.8 Å². The van der Waals surface area contributed by atoms with Crippen LogP contribution < -0.4 is 19.9 Å². The maximum atomic E-state index is 13.5. The molecule has 1 amide bonds. The third kappa shape index (κ3) is 4.27. The van der Waals surface area contributed by atoms with Crippen molar-refractivity contribution in [3.63, 3.8) is 0 Å². The molecule has 1 aromatic heterocycles. The maximum Gasteiger partial charge on any atom is 0.270 e. The summed E-state index contributed by atoms with van der Waals surface area (Å²) in [7, 11) is 1.69. The van der Waals surface area contributed by atoms with Crippen molar-refractivity contribution in [3.05, 3.63) is 55.7 Å². The Morgan fingerprint density at radius 3 is 2.81 bits per heavy atom. The van der Waals surface area contributed by atoms with Gasteiger partial charge in [-0.2, -0.15) is 5.26 Å². The number of ether oxygens (including phenoxy) is 2. The molecule has 2 fully saturated rings. The Bertz CT molecular complexity index is 1410. The van der Waals surface area contributed by atoms with E-state index < -0.39 is 0 Å². The van der Waals surface area contributed by atoms with Crippen molar-refractivity contribution in [2.45, 2.75) is 33.2 Å². The second-order valence-electron chi connectivity index (χ2n) is 9.36. The second kappa shape index (κ2) is 9.64. The lowest BCUT2D eigenvalue weighted by molar-refractivity contribution is -0.122. The number of amides is 1. The molecule has 0 aliphatic carbocycles. The van der Waals surface area contributed by atoms with E-state index in [1.54, 1.807) is 29.5 Å². The smallest absolute Gasteiger partial charge is 0.270 e. The highest BCUT2D eigenvalue weighted by Crippen LogP contribution is 2.38. The Labute approximate surface area is 219 Å². The van der Waals surface area contributed by atoms with Crippen molar-refractivity contribution in [2.24, 2.45) is 13.0 Å². The number of thioether (sulfide) groups is 1. The largest absolute Gasteiger partial charge is 0.454 e. The highest BCUT2D eigenvalue weighted by molar-refractivity contribution is 8.26. The summed E-state index contributed by atoms with van der Waals surface area (Å²) < 4.78 is 12.8. The van der Waals surface area contributed by atoms with Crippen LogP contribution in [0.3, 0.4) is 0 Å². The molecule has 1 atom stereocenters. The summed E-state index contributed by atoms with van der Waals surface area (Å²) in [5.74, 6) is 2.36. The predicted molar refractivity (Wildman–Crippen MR) is 143 cm³/mol. The Morgan fingerprint density at radius 1 is 1.28 bits per heavy atom. The molecule has 0 radical (unpaired) electrons. The number of benzene rings is 1. The van der Waals surface area contributed by atoms with E-state index in [0.29, 0.717) is 44.3 Å². The van der Waals surface area contributed by atoms with Gasteiger partial charge in [0.2, 0.25) is 6.79 Å². The molecule has 2 aromatic rings. The number of nitriles is 1. The highest BCUT2D eigenvalue weighted by atomic mass is 32.2. The fraction of sp³-hybridized carbons (Fsp3) is 0.385. The average molecular weight is 523 g/mol. The van der Waals surface area contributed by atoms with E-state index in [1.807, 2.05) is 18.2 Å². The molecule has 10 heteroatoms. The van der Waals surface area contributed by atoms with Crippen LogP contribution in [0.4, 0.5) is 5.82 Å². The van der Waals surface area contributed by atoms with Gasteiger partial charge in [0.15, 0.2) is 11.5 Å². The number of anilines is 1. The van der Waals surface area contributed by atoms with E-state index >= 15 is 0 Å². The van der Waals surface area contributed by atoms with Gasteiger partial charge in [-0.05, 0) is 55.0 Å². The monoisotopic (exact) mass is 522 g/mol. The van der Waals surface area contributed by atoms with E-state index in [4.69, 9.17) is 21.7 Å². The Kier molecular flexibility index (Phi) is 6.53. The SMILES string of the molecule is Cc1c(/C=C2\SC(=S)N(Cc3ccc4c(c3)OCO4)C2=O)c(N2CCCC(C)C2)n(C)c(=O)c1C#N. The lowest BCUT2D eigenvalue weighted by Crippen LogP contribution is -2.39. The van der Waals surface area contributed by atoms with Crippen molar-refractivity contribution in [1.29, 1.82) is 5.26 Å². The van der Waals surface area contributed by atoms with Crippen LogP contribution in [0, 0.1) is 24.2 Å². The molecule has 1 unspecified atom stereocenters. The van der Waals surface area contributed by atoms with Crippen LogP contribution in [0.25, 0.3) is 6.08 Å². The van der Waals surface area contributed by atoms with E-state index in [2.05, 4.69) is 17.9 Å². The van der Waals surface area contributed by atoms with Gasteiger partial charge in [-0.1, -0.05) is 37.0 Å². The van der Waals surface area contributed by atoms with Gasteiger partial charge in [-0.3, -0.25) is 19.1 Å². The lowest BCUT2D eigenvalue weighted by atomic mass is 9.98. The molecule has 0 bridgehead atoms. The molecule has 0 saturated carbocycles. The van der Waals surface area contributed by atoms with Crippen molar-refractivity contribution in [1.82, 2.24) is 9.47 Å². The number of thiocarbonyl (C=S) groups is 1. The third-order valence-electron chi connectivity index (χ3n) is 6.85. The molecule has 8 nitrogen and oxygen atoms in total. The average Bonchev–Trinajstić information content (AvgIpc) is 3.42. The van der Waals surface area contributed by atoms with E-state index in [9.17, 15) is 14.9 Å². The Hall–Kier alpha value is -3.29. The predicted octanol–water partition coefficient (Wildman–Crippen LogP) is 3.93. The zero-order chi connectivity index (χ0) is 25.6. The molecular formula is C26H26N4O4S2. The van der Waals surface area contributed by atoms with Gasteiger partial charge < -0.3 is 14.4 Å². The normalized spacial score (nSPS) is 20.4. The van der Waals surface area contributed by atoms with Crippen LogP contribution in [0.15, 0.2) is 27.9 Å². The molecule has 5 rings (SSSR count). The van der Waals surface area contributed by atoms with Crippen LogP contribution in [0.5, 0.6) is 11.5 Å². The first-order valence-corrected chi connectivity index (χ1v) is 13.0. The first-order valence-electron chi connectivity index (χ1n) is 11.8. The van der Waals surface area contributed by atoms with Gasteiger partial charge in [0.05, 0.1) is 11.4 Å². The van der Waals surface area contributed by atoms with Crippen LogP contribution in [-0.2, 0) is 18.4 Å². The minimum absolute atomic E-state index is 0.0911. The molecule has 3 aliphatic rings. The van der Waals surface area contributed by atoms with E-state index in [-0.39, 0.29) is 23.8 Å². The quantitative estimate of drug-likeness (QED) is 0.441. The van der Waals surface area contributed by atoms with Gasteiger partial charge in [0.25, 0.3) is 11.5 Å². The number of hydrogen-bond donors (Lipinski definition) is 0. The molecule has 2 saturated heterocycles. The number of aromatic nitrogens is 1.